The van der Waals surface area contributed by atoms with Crippen molar-refractivity contribution < 1.29 is 9.15 Å². The van der Waals surface area contributed by atoms with Crippen molar-refractivity contribution in [3.8, 4) is 17.1 Å². The van der Waals surface area contributed by atoms with E-state index in [1.165, 1.54) is 0 Å². The molecule has 4 rings (SSSR count). The Kier molecular flexibility index (Phi) is 5.24. The maximum atomic E-state index is 5.81. The summed E-state index contributed by atoms with van der Waals surface area (Å²) >= 11 is 5.81. The Morgan fingerprint density at radius 2 is 1.93 bits per heavy atom. The van der Waals surface area contributed by atoms with Crippen molar-refractivity contribution in [2.75, 3.05) is 20.2 Å². The van der Waals surface area contributed by atoms with E-state index >= 15 is 0 Å². The van der Waals surface area contributed by atoms with E-state index in [0.717, 1.165) is 48.8 Å². The van der Waals surface area contributed by atoms with Crippen LogP contribution in [0.25, 0.3) is 17.1 Å². The smallest absolute Gasteiger partial charge is 0.204 e. The van der Waals surface area contributed by atoms with Crippen LogP contribution in [-0.4, -0.2) is 45.6 Å². The van der Waals surface area contributed by atoms with Crippen LogP contribution >= 0.6 is 12.2 Å². The maximum absolute atomic E-state index is 5.81. The third kappa shape index (κ3) is 3.63. The lowest BCUT2D eigenvalue weighted by atomic mass is 10.1. The molecule has 0 radical (unpaired) electrons. The van der Waals surface area contributed by atoms with E-state index < -0.39 is 0 Å². The summed E-state index contributed by atoms with van der Waals surface area (Å²) in [5.41, 5.74) is 1.96. The average molecular weight is 385 g/mol. The van der Waals surface area contributed by atoms with Crippen molar-refractivity contribution in [2.45, 2.75) is 32.5 Å². The summed E-state index contributed by atoms with van der Waals surface area (Å²) in [4.78, 5) is 2.37. The van der Waals surface area contributed by atoms with E-state index in [1.807, 2.05) is 52.6 Å². The zero-order chi connectivity index (χ0) is 18.8. The fourth-order valence-electron chi connectivity index (χ4n) is 3.58. The first kappa shape index (κ1) is 18.2. The standard InChI is InChI=1S/C20H24N4O2S/c1-15-18(10-13-26-15)19-21-23(14-22-11-8-17(25-2)9-12-22)20(27)24(19)16-6-4-3-5-7-16/h3-7,10,13,17H,8-9,11-12,14H2,1-2H3. The van der Waals surface area contributed by atoms with Crippen LogP contribution in [0.15, 0.2) is 47.1 Å². The van der Waals surface area contributed by atoms with E-state index in [4.69, 9.17) is 26.5 Å². The minimum atomic E-state index is 0.361. The molecule has 1 saturated heterocycles. The van der Waals surface area contributed by atoms with E-state index in [-0.39, 0.29) is 0 Å². The minimum Gasteiger partial charge on any atom is -0.469 e. The molecule has 1 fully saturated rings. The molecule has 1 aliphatic heterocycles. The van der Waals surface area contributed by atoms with Crippen molar-refractivity contribution >= 4 is 12.2 Å². The Labute approximate surface area is 164 Å². The second-order valence-electron chi connectivity index (χ2n) is 6.86. The molecule has 3 aromatic rings. The quantitative estimate of drug-likeness (QED) is 0.622. The first-order chi connectivity index (χ1) is 13.2. The zero-order valence-electron chi connectivity index (χ0n) is 15.7. The monoisotopic (exact) mass is 384 g/mol. The number of methoxy groups -OCH3 is 1. The van der Waals surface area contributed by atoms with Gasteiger partial charge in [0.15, 0.2) is 5.82 Å². The van der Waals surface area contributed by atoms with Gasteiger partial charge < -0.3 is 9.15 Å². The number of aromatic nitrogens is 3. The lowest BCUT2D eigenvalue weighted by molar-refractivity contribution is 0.0301. The summed E-state index contributed by atoms with van der Waals surface area (Å²) in [6.07, 6.45) is 4.13. The van der Waals surface area contributed by atoms with E-state index in [2.05, 4.69) is 4.90 Å². The third-order valence-corrected chi connectivity index (χ3v) is 5.55. The van der Waals surface area contributed by atoms with Crippen molar-refractivity contribution in [1.29, 1.82) is 0 Å². The molecule has 0 N–H and O–H groups in total. The second kappa shape index (κ2) is 7.80. The van der Waals surface area contributed by atoms with Crippen LogP contribution in [0.2, 0.25) is 0 Å². The van der Waals surface area contributed by atoms with Gasteiger partial charge in [-0.2, -0.15) is 0 Å². The maximum Gasteiger partial charge on any atom is 0.204 e. The highest BCUT2D eigenvalue weighted by Crippen LogP contribution is 2.26. The lowest BCUT2D eigenvalue weighted by Crippen LogP contribution is -2.38. The number of furan rings is 1. The number of hydrogen-bond acceptors (Lipinski definition) is 5. The van der Waals surface area contributed by atoms with Gasteiger partial charge in [-0.05, 0) is 50.2 Å². The van der Waals surface area contributed by atoms with Crippen LogP contribution in [0.3, 0.4) is 0 Å². The number of aryl methyl sites for hydroxylation is 1. The highest BCUT2D eigenvalue weighted by atomic mass is 32.1. The highest BCUT2D eigenvalue weighted by molar-refractivity contribution is 7.71. The minimum absolute atomic E-state index is 0.361. The summed E-state index contributed by atoms with van der Waals surface area (Å²) in [7, 11) is 1.79. The Morgan fingerprint density at radius 1 is 1.19 bits per heavy atom. The van der Waals surface area contributed by atoms with E-state index in [0.29, 0.717) is 17.5 Å². The van der Waals surface area contributed by atoms with Crippen LogP contribution in [0.5, 0.6) is 0 Å². The summed E-state index contributed by atoms with van der Waals surface area (Å²) in [5, 5.41) is 4.87. The van der Waals surface area contributed by atoms with Crippen LogP contribution in [0, 0.1) is 11.7 Å². The van der Waals surface area contributed by atoms with Gasteiger partial charge in [-0.15, -0.1) is 5.10 Å². The number of hydrogen-bond donors (Lipinski definition) is 0. The number of rotatable bonds is 5. The molecule has 0 aliphatic carbocycles. The van der Waals surface area contributed by atoms with Gasteiger partial charge in [-0.1, -0.05) is 18.2 Å². The molecule has 0 bridgehead atoms. The van der Waals surface area contributed by atoms with Gasteiger partial charge >= 0.3 is 0 Å². The SMILES string of the molecule is COC1CCN(Cn2nc(-c3ccoc3C)n(-c3ccccc3)c2=S)CC1. The van der Waals surface area contributed by atoms with Crippen LogP contribution < -0.4 is 0 Å². The number of para-hydroxylation sites is 1. The molecular weight excluding hydrogens is 360 g/mol. The molecule has 1 aromatic carbocycles. The van der Waals surface area contributed by atoms with Crippen molar-refractivity contribution in [3.05, 3.63) is 53.2 Å². The van der Waals surface area contributed by atoms with Gasteiger partial charge in [0.25, 0.3) is 0 Å². The first-order valence-corrected chi connectivity index (χ1v) is 9.63. The number of benzene rings is 1. The number of ether oxygens (including phenoxy) is 1. The molecule has 142 valence electrons. The average Bonchev–Trinajstić information content (AvgIpc) is 3.26. The predicted molar refractivity (Wildman–Crippen MR) is 106 cm³/mol. The second-order valence-corrected chi connectivity index (χ2v) is 7.23. The van der Waals surface area contributed by atoms with Crippen molar-refractivity contribution in [2.24, 2.45) is 0 Å². The Balaban J connectivity index is 1.71. The van der Waals surface area contributed by atoms with Crippen molar-refractivity contribution in [3.63, 3.8) is 0 Å². The van der Waals surface area contributed by atoms with Gasteiger partial charge in [0.2, 0.25) is 4.77 Å². The van der Waals surface area contributed by atoms with Gasteiger partial charge in [0.05, 0.1) is 24.6 Å². The van der Waals surface area contributed by atoms with E-state index in [9.17, 15) is 0 Å². The molecule has 6 nitrogen and oxygen atoms in total. The van der Waals surface area contributed by atoms with Crippen LogP contribution in [0.1, 0.15) is 18.6 Å². The molecule has 0 unspecified atom stereocenters. The molecule has 1 aliphatic rings. The summed E-state index contributed by atoms with van der Waals surface area (Å²) in [5.74, 6) is 1.64. The number of likely N-dealkylation sites (tertiary alicyclic amines) is 1. The zero-order valence-corrected chi connectivity index (χ0v) is 16.5. The summed E-state index contributed by atoms with van der Waals surface area (Å²) in [6.45, 7) is 4.60. The Hall–Kier alpha value is -2.22. The molecule has 0 amide bonds. The topological polar surface area (TPSA) is 48.4 Å². The summed E-state index contributed by atoms with van der Waals surface area (Å²) in [6, 6.07) is 12.1. The summed E-state index contributed by atoms with van der Waals surface area (Å²) < 4.78 is 15.6. The third-order valence-electron chi connectivity index (χ3n) is 5.16. The first-order valence-electron chi connectivity index (χ1n) is 9.22. The van der Waals surface area contributed by atoms with Gasteiger partial charge in [-0.25, -0.2) is 4.68 Å². The largest absolute Gasteiger partial charge is 0.469 e. The molecule has 7 heteroatoms. The fraction of sp³-hybridized carbons (Fsp3) is 0.400. The molecule has 0 spiro atoms. The number of piperidine rings is 1. The lowest BCUT2D eigenvalue weighted by Gasteiger charge is -2.30. The fourth-order valence-corrected chi connectivity index (χ4v) is 3.87. The Bertz CT molecular complexity index is 952. The predicted octanol–water partition coefficient (Wildman–Crippen LogP) is 4.04. The molecule has 27 heavy (non-hydrogen) atoms. The van der Waals surface area contributed by atoms with Crippen LogP contribution in [-0.2, 0) is 11.4 Å². The van der Waals surface area contributed by atoms with Crippen molar-refractivity contribution in [1.82, 2.24) is 19.2 Å². The Morgan fingerprint density at radius 3 is 2.56 bits per heavy atom. The van der Waals surface area contributed by atoms with Gasteiger partial charge in [-0.3, -0.25) is 9.47 Å². The highest BCUT2D eigenvalue weighted by Gasteiger charge is 2.22. The molecule has 3 heterocycles. The number of nitrogens with zero attached hydrogens (tertiary/aromatic N) is 4. The molecule has 2 aromatic heterocycles. The van der Waals surface area contributed by atoms with Gasteiger partial charge in [0, 0.05) is 25.9 Å². The molecule has 0 atom stereocenters. The van der Waals surface area contributed by atoms with Gasteiger partial charge in [0.1, 0.15) is 5.76 Å². The molecule has 0 saturated carbocycles. The van der Waals surface area contributed by atoms with Crippen LogP contribution in [0.4, 0.5) is 0 Å². The van der Waals surface area contributed by atoms with E-state index in [1.54, 1.807) is 13.4 Å². The normalized spacial score (nSPS) is 16.1. The molecular formula is C20H24N4O2S.